The first kappa shape index (κ1) is 15.9. The van der Waals surface area contributed by atoms with Gasteiger partial charge in [0.2, 0.25) is 5.91 Å². The second-order valence-electron chi connectivity index (χ2n) is 6.02. The minimum absolute atomic E-state index is 0.0536. The van der Waals surface area contributed by atoms with Crippen molar-refractivity contribution >= 4 is 23.2 Å². The van der Waals surface area contributed by atoms with Gasteiger partial charge in [0, 0.05) is 23.8 Å². The summed E-state index contributed by atoms with van der Waals surface area (Å²) in [6.45, 7) is 1.95. The maximum atomic E-state index is 12.4. The topological polar surface area (TPSA) is 81.2 Å². The Morgan fingerprint density at radius 3 is 2.96 bits per heavy atom. The van der Waals surface area contributed by atoms with Gasteiger partial charge in [-0.3, -0.25) is 4.79 Å². The quantitative estimate of drug-likeness (QED) is 0.736. The lowest BCUT2D eigenvalue weighted by Crippen LogP contribution is -2.14. The van der Waals surface area contributed by atoms with Crippen LogP contribution < -0.4 is 5.32 Å². The number of amides is 1. The summed E-state index contributed by atoms with van der Waals surface area (Å²) in [5, 5.41) is 7.18. The van der Waals surface area contributed by atoms with Crippen LogP contribution in [0.2, 0.25) is 5.02 Å². The second-order valence-corrected chi connectivity index (χ2v) is 6.42. The van der Waals surface area contributed by atoms with E-state index in [4.69, 9.17) is 20.5 Å². The largest absolute Gasteiger partial charge is 0.469 e. The van der Waals surface area contributed by atoms with Gasteiger partial charge in [-0.1, -0.05) is 23.7 Å². The lowest BCUT2D eigenvalue weighted by Gasteiger charge is -2.07. The molecule has 7 heteroatoms. The molecule has 1 N–H and O–H groups in total. The molecule has 1 aliphatic carbocycles. The normalized spacial score (nSPS) is 19.0. The number of anilines is 1. The van der Waals surface area contributed by atoms with Crippen molar-refractivity contribution in [2.45, 2.75) is 25.7 Å². The molecule has 0 bridgehead atoms. The van der Waals surface area contributed by atoms with Gasteiger partial charge in [-0.15, -0.1) is 0 Å². The summed E-state index contributed by atoms with van der Waals surface area (Å²) in [7, 11) is 0. The van der Waals surface area contributed by atoms with Crippen LogP contribution in [0.4, 0.5) is 5.69 Å². The molecule has 3 aromatic rings. The molecule has 1 amide bonds. The number of carbonyl (C=O) groups excluding carboxylic acids is 1. The molecular weight excluding hydrogens is 342 g/mol. The smallest absolute Gasteiger partial charge is 0.257 e. The summed E-state index contributed by atoms with van der Waals surface area (Å²) in [4.78, 5) is 16.7. The monoisotopic (exact) mass is 357 g/mol. The van der Waals surface area contributed by atoms with Gasteiger partial charge in [-0.2, -0.15) is 4.98 Å². The van der Waals surface area contributed by atoms with Crippen LogP contribution in [-0.2, 0) is 11.2 Å². The average Bonchev–Trinajstić information content (AvgIpc) is 3.02. The third kappa shape index (κ3) is 3.17. The summed E-state index contributed by atoms with van der Waals surface area (Å²) in [5.74, 6) is 1.92. The van der Waals surface area contributed by atoms with Crippen molar-refractivity contribution < 1.29 is 13.7 Å². The van der Waals surface area contributed by atoms with E-state index in [9.17, 15) is 4.79 Å². The van der Waals surface area contributed by atoms with Crippen LogP contribution in [0, 0.1) is 5.92 Å². The Bertz CT molecular complexity index is 904. The van der Waals surface area contributed by atoms with Gasteiger partial charge in [-0.05, 0) is 36.8 Å². The number of halogens is 1. The van der Waals surface area contributed by atoms with Crippen molar-refractivity contribution in [2.24, 2.45) is 5.92 Å². The summed E-state index contributed by atoms with van der Waals surface area (Å²) >= 11 is 6.30. The van der Waals surface area contributed by atoms with Crippen molar-refractivity contribution in [2.75, 3.05) is 5.32 Å². The number of nitrogens with zero attached hydrogens (tertiary/aromatic N) is 2. The van der Waals surface area contributed by atoms with Crippen molar-refractivity contribution in [3.05, 3.63) is 53.2 Å². The Kier molecular flexibility index (Phi) is 4.05. The zero-order valence-corrected chi connectivity index (χ0v) is 14.3. The third-order valence-corrected chi connectivity index (χ3v) is 4.61. The third-order valence-electron chi connectivity index (χ3n) is 4.29. The lowest BCUT2D eigenvalue weighted by atomic mass is 10.2. The number of carbonyl (C=O) groups is 1. The molecule has 2 aromatic heterocycles. The Morgan fingerprint density at radius 1 is 1.40 bits per heavy atom. The molecule has 2 heterocycles. The summed E-state index contributed by atoms with van der Waals surface area (Å²) in [6, 6.07) is 8.98. The van der Waals surface area contributed by atoms with Crippen LogP contribution in [0.15, 0.2) is 45.5 Å². The molecular formula is C18H16ClN3O3. The Morgan fingerprint density at radius 2 is 2.28 bits per heavy atom. The molecule has 2 atom stereocenters. The van der Waals surface area contributed by atoms with Gasteiger partial charge in [0.1, 0.15) is 5.76 Å². The molecule has 0 radical (unpaired) electrons. The number of benzene rings is 1. The molecule has 1 saturated carbocycles. The standard InChI is InChI=1S/C18H16ClN3O3/c1-2-16-21-18(25-22-16)10-5-6-14(13(19)8-10)20-17(23)12-9-11(12)15-4-3-7-24-15/h3-8,11-12H,2,9H2,1H3,(H,20,23). The molecule has 2 unspecified atom stereocenters. The van der Waals surface area contributed by atoms with E-state index in [1.807, 2.05) is 19.1 Å². The number of hydrogen-bond donors (Lipinski definition) is 1. The first-order valence-electron chi connectivity index (χ1n) is 8.12. The average molecular weight is 358 g/mol. The highest BCUT2D eigenvalue weighted by Crippen LogP contribution is 2.48. The first-order valence-corrected chi connectivity index (χ1v) is 8.50. The molecule has 128 valence electrons. The molecule has 1 aliphatic rings. The molecule has 0 saturated heterocycles. The minimum Gasteiger partial charge on any atom is -0.469 e. The van der Waals surface area contributed by atoms with Crippen LogP contribution in [0.3, 0.4) is 0 Å². The van der Waals surface area contributed by atoms with Crippen molar-refractivity contribution in [3.63, 3.8) is 0 Å². The van der Waals surface area contributed by atoms with Gasteiger partial charge < -0.3 is 14.3 Å². The number of furan rings is 1. The van der Waals surface area contributed by atoms with Gasteiger partial charge in [0.25, 0.3) is 5.89 Å². The zero-order valence-electron chi connectivity index (χ0n) is 13.5. The highest BCUT2D eigenvalue weighted by Gasteiger charge is 2.45. The predicted octanol–water partition coefficient (Wildman–Crippen LogP) is 4.29. The summed E-state index contributed by atoms with van der Waals surface area (Å²) < 4.78 is 10.6. The Labute approximate surface area is 149 Å². The van der Waals surface area contributed by atoms with E-state index >= 15 is 0 Å². The predicted molar refractivity (Wildman–Crippen MR) is 92.3 cm³/mol. The van der Waals surface area contributed by atoms with Gasteiger partial charge in [0.05, 0.1) is 17.0 Å². The zero-order chi connectivity index (χ0) is 17.4. The lowest BCUT2D eigenvalue weighted by molar-refractivity contribution is -0.117. The van der Waals surface area contributed by atoms with Crippen molar-refractivity contribution in [3.8, 4) is 11.5 Å². The summed E-state index contributed by atoms with van der Waals surface area (Å²) in [6.07, 6.45) is 3.11. The van der Waals surface area contributed by atoms with Crippen molar-refractivity contribution in [1.29, 1.82) is 0 Å². The number of aryl methyl sites for hydroxylation is 1. The molecule has 1 aromatic carbocycles. The van der Waals surface area contributed by atoms with Gasteiger partial charge in [-0.25, -0.2) is 0 Å². The van der Waals surface area contributed by atoms with Crippen LogP contribution in [0.25, 0.3) is 11.5 Å². The fourth-order valence-corrected chi connectivity index (χ4v) is 3.02. The minimum atomic E-state index is -0.0788. The van der Waals surface area contributed by atoms with E-state index in [1.54, 1.807) is 24.5 Å². The number of rotatable bonds is 5. The Balaban J connectivity index is 1.45. The molecule has 1 fully saturated rings. The van der Waals surface area contributed by atoms with Crippen LogP contribution in [-0.4, -0.2) is 16.0 Å². The highest BCUT2D eigenvalue weighted by molar-refractivity contribution is 6.34. The van der Waals surface area contributed by atoms with Crippen molar-refractivity contribution in [1.82, 2.24) is 10.1 Å². The van der Waals surface area contributed by atoms with Crippen LogP contribution in [0.1, 0.15) is 30.8 Å². The highest BCUT2D eigenvalue weighted by atomic mass is 35.5. The molecule has 25 heavy (non-hydrogen) atoms. The number of aromatic nitrogens is 2. The van der Waals surface area contributed by atoms with E-state index in [2.05, 4.69) is 15.5 Å². The van der Waals surface area contributed by atoms with Crippen LogP contribution >= 0.6 is 11.6 Å². The van der Waals surface area contributed by atoms with E-state index in [0.717, 1.165) is 17.7 Å². The first-order chi connectivity index (χ1) is 12.2. The molecule has 4 rings (SSSR count). The molecule has 0 spiro atoms. The van der Waals surface area contributed by atoms with E-state index in [0.29, 0.717) is 28.8 Å². The van der Waals surface area contributed by atoms with E-state index in [1.165, 1.54) is 0 Å². The second kappa shape index (κ2) is 6.37. The Hall–Kier alpha value is -2.60. The summed E-state index contributed by atoms with van der Waals surface area (Å²) in [5.41, 5.74) is 1.28. The fourth-order valence-electron chi connectivity index (χ4n) is 2.79. The van der Waals surface area contributed by atoms with E-state index < -0.39 is 0 Å². The van der Waals surface area contributed by atoms with Gasteiger partial charge in [0.15, 0.2) is 5.82 Å². The SMILES string of the molecule is CCc1noc(-c2ccc(NC(=O)C3CC3c3ccco3)c(Cl)c2)n1. The van der Waals surface area contributed by atoms with E-state index in [-0.39, 0.29) is 17.7 Å². The van der Waals surface area contributed by atoms with Crippen LogP contribution in [0.5, 0.6) is 0 Å². The molecule has 6 nitrogen and oxygen atoms in total. The maximum Gasteiger partial charge on any atom is 0.257 e. The number of nitrogens with one attached hydrogen (secondary N) is 1. The molecule has 0 aliphatic heterocycles. The maximum absolute atomic E-state index is 12.4. The van der Waals surface area contributed by atoms with Gasteiger partial charge >= 0.3 is 0 Å². The fraction of sp³-hybridized carbons (Fsp3) is 0.278. The number of hydrogen-bond acceptors (Lipinski definition) is 5.